The van der Waals surface area contributed by atoms with E-state index in [1.54, 1.807) is 4.90 Å². The number of likely N-dealkylation sites (tertiary alicyclic amines) is 1. The normalized spacial score (nSPS) is 19.7. The lowest BCUT2D eigenvalue weighted by Gasteiger charge is -2.27. The molecule has 1 fully saturated rings. The molecule has 3 rings (SSSR count). The van der Waals surface area contributed by atoms with Gasteiger partial charge in [0.25, 0.3) is 0 Å². The van der Waals surface area contributed by atoms with E-state index in [-0.39, 0.29) is 17.7 Å². The van der Waals surface area contributed by atoms with Gasteiger partial charge in [-0.25, -0.2) is 4.98 Å². The number of anilines is 1. The number of thiazole rings is 1. The molecule has 0 saturated carbocycles. The first-order chi connectivity index (χ1) is 12.0. The molecule has 1 atom stereocenters. The molecular formula is C16H22N6O2S. The van der Waals surface area contributed by atoms with Crippen molar-refractivity contribution in [1.82, 2.24) is 19.7 Å². The molecule has 0 aromatic carbocycles. The Hall–Kier alpha value is -2.18. The second-order valence-electron chi connectivity index (χ2n) is 6.71. The van der Waals surface area contributed by atoms with E-state index in [4.69, 9.17) is 5.26 Å². The van der Waals surface area contributed by atoms with Gasteiger partial charge in [-0.15, -0.1) is 0 Å². The van der Waals surface area contributed by atoms with E-state index < -0.39 is 0 Å². The van der Waals surface area contributed by atoms with E-state index >= 15 is 0 Å². The molecule has 1 saturated heterocycles. The molecule has 1 aromatic heterocycles. The van der Waals surface area contributed by atoms with Crippen molar-refractivity contribution in [3.63, 3.8) is 0 Å². The first-order valence-corrected chi connectivity index (χ1v) is 9.14. The number of aromatic nitrogens is 1. The van der Waals surface area contributed by atoms with Crippen LogP contribution in [-0.2, 0) is 22.6 Å². The number of nitriles is 1. The third kappa shape index (κ3) is 4.08. The number of nitrogens with one attached hydrogen (secondary N) is 1. The second-order valence-corrected chi connectivity index (χ2v) is 7.80. The van der Waals surface area contributed by atoms with Crippen LogP contribution in [-0.4, -0.2) is 71.8 Å². The molecule has 0 spiro atoms. The maximum Gasteiger partial charge on any atom is 0.237 e. The van der Waals surface area contributed by atoms with Crippen LogP contribution in [0.25, 0.3) is 0 Å². The third-order valence-corrected chi connectivity index (χ3v) is 5.46. The van der Waals surface area contributed by atoms with Crippen LogP contribution >= 0.6 is 11.3 Å². The fourth-order valence-corrected chi connectivity index (χ4v) is 4.13. The highest BCUT2D eigenvalue weighted by Crippen LogP contribution is 2.29. The van der Waals surface area contributed by atoms with Gasteiger partial charge >= 0.3 is 0 Å². The molecule has 8 nitrogen and oxygen atoms in total. The van der Waals surface area contributed by atoms with Gasteiger partial charge in [0.15, 0.2) is 11.3 Å². The molecule has 9 heteroatoms. The summed E-state index contributed by atoms with van der Waals surface area (Å²) in [5, 5.41) is 12.4. The van der Waals surface area contributed by atoms with Crippen molar-refractivity contribution >= 4 is 28.3 Å². The van der Waals surface area contributed by atoms with Gasteiger partial charge in [0.05, 0.1) is 24.7 Å². The lowest BCUT2D eigenvalue weighted by molar-refractivity contribution is -0.132. The summed E-state index contributed by atoms with van der Waals surface area (Å²) in [4.78, 5) is 35.4. The minimum atomic E-state index is -0.168. The van der Waals surface area contributed by atoms with E-state index in [0.717, 1.165) is 10.6 Å². The Morgan fingerprint density at radius 2 is 2.24 bits per heavy atom. The Morgan fingerprint density at radius 1 is 1.44 bits per heavy atom. The minimum absolute atomic E-state index is 0.0793. The van der Waals surface area contributed by atoms with Gasteiger partial charge in [-0.05, 0) is 20.5 Å². The van der Waals surface area contributed by atoms with Crippen molar-refractivity contribution in [2.45, 2.75) is 19.4 Å². The van der Waals surface area contributed by atoms with Crippen molar-refractivity contribution in [3.05, 3.63) is 10.6 Å². The third-order valence-electron chi connectivity index (χ3n) is 4.47. The van der Waals surface area contributed by atoms with Crippen molar-refractivity contribution in [3.8, 4) is 6.19 Å². The summed E-state index contributed by atoms with van der Waals surface area (Å²) >= 11 is 1.44. The predicted molar refractivity (Wildman–Crippen MR) is 93.7 cm³/mol. The van der Waals surface area contributed by atoms with Crippen LogP contribution in [0.5, 0.6) is 0 Å². The molecular weight excluding hydrogens is 340 g/mol. The zero-order valence-corrected chi connectivity index (χ0v) is 15.3. The summed E-state index contributed by atoms with van der Waals surface area (Å²) in [5.74, 6) is -0.139. The first-order valence-electron chi connectivity index (χ1n) is 8.33. The quantitative estimate of drug-likeness (QED) is 0.776. The molecule has 2 aliphatic heterocycles. The van der Waals surface area contributed by atoms with Crippen LogP contribution < -0.4 is 5.32 Å². The maximum absolute atomic E-state index is 12.3. The van der Waals surface area contributed by atoms with Crippen molar-refractivity contribution < 1.29 is 9.59 Å². The molecule has 2 amide bonds. The average molecular weight is 362 g/mol. The number of rotatable bonds is 4. The number of carbonyl (C=O) groups is 2. The lowest BCUT2D eigenvalue weighted by Crippen LogP contribution is -2.40. The Labute approximate surface area is 151 Å². The van der Waals surface area contributed by atoms with E-state index in [1.807, 2.05) is 23.9 Å². The highest BCUT2D eigenvalue weighted by atomic mass is 32.1. The van der Waals surface area contributed by atoms with Gasteiger partial charge in [-0.3, -0.25) is 9.59 Å². The molecule has 3 heterocycles. The molecule has 2 aliphatic rings. The number of nitrogens with zero attached hydrogens (tertiary/aromatic N) is 5. The SMILES string of the molecule is CN(C)CC(=O)N1CCc2nc(NC(=O)[C@H]3CCN(C#N)C3)sc2C1. The van der Waals surface area contributed by atoms with Gasteiger partial charge in [-0.1, -0.05) is 11.3 Å². The van der Waals surface area contributed by atoms with Crippen LogP contribution in [0, 0.1) is 17.4 Å². The van der Waals surface area contributed by atoms with Crippen molar-refractivity contribution in [2.75, 3.05) is 45.6 Å². The van der Waals surface area contributed by atoms with Crippen molar-refractivity contribution in [2.24, 2.45) is 5.92 Å². The molecule has 0 radical (unpaired) electrons. The molecule has 25 heavy (non-hydrogen) atoms. The number of fused-ring (bicyclic) bond motifs is 1. The van der Waals surface area contributed by atoms with Gasteiger partial charge in [0.1, 0.15) is 0 Å². The smallest absolute Gasteiger partial charge is 0.237 e. The Morgan fingerprint density at radius 3 is 2.92 bits per heavy atom. The fourth-order valence-electron chi connectivity index (χ4n) is 3.10. The maximum atomic E-state index is 12.3. The van der Waals surface area contributed by atoms with E-state index in [0.29, 0.717) is 50.7 Å². The lowest BCUT2D eigenvalue weighted by atomic mass is 10.1. The molecule has 1 N–H and O–H groups in total. The summed E-state index contributed by atoms with van der Waals surface area (Å²) in [6.45, 7) is 2.72. The molecule has 134 valence electrons. The minimum Gasteiger partial charge on any atom is -0.336 e. The molecule has 0 bridgehead atoms. The van der Waals surface area contributed by atoms with E-state index in [2.05, 4.69) is 16.5 Å². The highest BCUT2D eigenvalue weighted by molar-refractivity contribution is 7.15. The fraction of sp³-hybridized carbons (Fsp3) is 0.625. The predicted octanol–water partition coefficient (Wildman–Crippen LogP) is 0.331. The van der Waals surface area contributed by atoms with E-state index in [9.17, 15) is 9.59 Å². The van der Waals surface area contributed by atoms with Crippen LogP contribution in [0.4, 0.5) is 5.13 Å². The molecule has 0 aliphatic carbocycles. The van der Waals surface area contributed by atoms with Crippen molar-refractivity contribution in [1.29, 1.82) is 5.26 Å². The first kappa shape index (κ1) is 17.6. The van der Waals surface area contributed by atoms with Crippen LogP contribution in [0.15, 0.2) is 0 Å². The molecule has 1 aromatic rings. The standard InChI is InChI=1S/C16H22N6O2S/c1-20(2)9-14(23)22-6-4-12-13(8-22)25-16(18-12)19-15(24)11-3-5-21(7-11)10-17/h11H,3-9H2,1-2H3,(H,18,19,24)/t11-/m0/s1. The van der Waals surface area contributed by atoms with Gasteiger partial charge in [0, 0.05) is 30.9 Å². The largest absolute Gasteiger partial charge is 0.336 e. The van der Waals surface area contributed by atoms with Crippen LogP contribution in [0.1, 0.15) is 17.0 Å². The highest BCUT2D eigenvalue weighted by Gasteiger charge is 2.29. The second kappa shape index (κ2) is 7.37. The van der Waals surface area contributed by atoms with Gasteiger partial charge in [0.2, 0.25) is 11.8 Å². The number of carbonyl (C=O) groups excluding carboxylic acids is 2. The van der Waals surface area contributed by atoms with Gasteiger partial charge < -0.3 is 20.0 Å². The number of hydrogen-bond donors (Lipinski definition) is 1. The average Bonchev–Trinajstić information content (AvgIpc) is 3.19. The Balaban J connectivity index is 1.60. The van der Waals surface area contributed by atoms with Gasteiger partial charge in [-0.2, -0.15) is 5.26 Å². The van der Waals surface area contributed by atoms with E-state index in [1.165, 1.54) is 11.3 Å². The molecule has 0 unspecified atom stereocenters. The number of amides is 2. The van der Waals surface area contributed by atoms with Crippen LogP contribution in [0.2, 0.25) is 0 Å². The van der Waals surface area contributed by atoms with Crippen LogP contribution in [0.3, 0.4) is 0 Å². The summed E-state index contributed by atoms with van der Waals surface area (Å²) in [6.07, 6.45) is 3.49. The monoisotopic (exact) mass is 362 g/mol. The summed E-state index contributed by atoms with van der Waals surface area (Å²) < 4.78 is 0. The Bertz CT molecular complexity index is 710. The zero-order valence-electron chi connectivity index (χ0n) is 14.5. The zero-order chi connectivity index (χ0) is 18.0. The summed E-state index contributed by atoms with van der Waals surface area (Å²) in [5.41, 5.74) is 0.972. The summed E-state index contributed by atoms with van der Waals surface area (Å²) in [6, 6.07) is 0. The number of hydrogen-bond acceptors (Lipinski definition) is 7. The topological polar surface area (TPSA) is 92.6 Å². The Kier molecular flexibility index (Phi) is 5.20. The number of likely N-dealkylation sites (N-methyl/N-ethyl adjacent to an activating group) is 1. The summed E-state index contributed by atoms with van der Waals surface area (Å²) in [7, 11) is 3.76.